The first kappa shape index (κ1) is 19.4. The summed E-state index contributed by atoms with van der Waals surface area (Å²) < 4.78 is 40.0. The molecule has 0 N–H and O–H groups in total. The van der Waals surface area contributed by atoms with Crippen molar-refractivity contribution in [2.75, 3.05) is 0 Å². The molecule has 28 heavy (non-hydrogen) atoms. The minimum Gasteiger partial charge on any atom is -0.336 e. The number of nitrogens with zero attached hydrogens (tertiary/aromatic N) is 1. The molecule has 0 aliphatic carbocycles. The van der Waals surface area contributed by atoms with Crippen molar-refractivity contribution < 1.29 is 17.6 Å². The molecule has 4 nitrogen and oxygen atoms in total. The van der Waals surface area contributed by atoms with Gasteiger partial charge >= 0.3 is 0 Å². The third-order valence-electron chi connectivity index (χ3n) is 5.88. The van der Waals surface area contributed by atoms with Gasteiger partial charge in [0, 0.05) is 22.7 Å². The molecule has 2 aromatic rings. The van der Waals surface area contributed by atoms with E-state index in [9.17, 15) is 17.6 Å². The maximum Gasteiger partial charge on any atom is 0.227 e. The van der Waals surface area contributed by atoms with Gasteiger partial charge in [0.05, 0.1) is 16.6 Å². The molecular formula is C21H21ClFNO3S. The van der Waals surface area contributed by atoms with Crippen LogP contribution in [-0.4, -0.2) is 36.6 Å². The lowest BCUT2D eigenvalue weighted by molar-refractivity contribution is -0.134. The molecule has 0 aromatic heterocycles. The number of hydrogen-bond acceptors (Lipinski definition) is 3. The number of hydrogen-bond donors (Lipinski definition) is 0. The van der Waals surface area contributed by atoms with Crippen LogP contribution in [-0.2, 0) is 21.1 Å². The van der Waals surface area contributed by atoms with Gasteiger partial charge in [0.15, 0.2) is 9.84 Å². The predicted octanol–water partition coefficient (Wildman–Crippen LogP) is 4.02. The Morgan fingerprint density at radius 1 is 1.04 bits per heavy atom. The Kier molecular flexibility index (Phi) is 5.19. The van der Waals surface area contributed by atoms with E-state index in [1.54, 1.807) is 41.3 Å². The first-order chi connectivity index (χ1) is 13.4. The van der Waals surface area contributed by atoms with Crippen molar-refractivity contribution in [3.05, 3.63) is 64.9 Å². The maximum atomic E-state index is 14.1. The largest absolute Gasteiger partial charge is 0.336 e. The summed E-state index contributed by atoms with van der Waals surface area (Å²) in [6.45, 7) is 0. The third kappa shape index (κ3) is 3.44. The van der Waals surface area contributed by atoms with E-state index in [0.717, 1.165) is 12.8 Å². The molecule has 1 amide bonds. The van der Waals surface area contributed by atoms with Crippen LogP contribution in [0.1, 0.15) is 31.2 Å². The van der Waals surface area contributed by atoms with E-state index in [-0.39, 0.29) is 35.0 Å². The minimum absolute atomic E-state index is 0.103. The summed E-state index contributed by atoms with van der Waals surface area (Å²) in [5, 5.41) is -0.254. The van der Waals surface area contributed by atoms with Gasteiger partial charge in [0.2, 0.25) is 5.91 Å². The fraction of sp³-hybridized carbons (Fsp3) is 0.381. The smallest absolute Gasteiger partial charge is 0.227 e. The second-order valence-electron chi connectivity index (χ2n) is 7.51. The van der Waals surface area contributed by atoms with Gasteiger partial charge in [0.1, 0.15) is 5.82 Å². The van der Waals surface area contributed by atoms with Gasteiger partial charge in [-0.05, 0) is 49.9 Å². The number of rotatable bonds is 4. The van der Waals surface area contributed by atoms with E-state index >= 15 is 0 Å². The number of sulfone groups is 1. The number of benzene rings is 2. The predicted molar refractivity (Wildman–Crippen MR) is 105 cm³/mol. The van der Waals surface area contributed by atoms with Gasteiger partial charge in [-0.1, -0.05) is 35.9 Å². The van der Waals surface area contributed by atoms with Crippen LogP contribution < -0.4 is 0 Å². The average Bonchev–Trinajstić information content (AvgIpc) is 2.95. The molecule has 0 radical (unpaired) electrons. The highest BCUT2D eigenvalue weighted by molar-refractivity contribution is 7.92. The third-order valence-corrected chi connectivity index (χ3v) is 8.42. The van der Waals surface area contributed by atoms with Gasteiger partial charge in [0.25, 0.3) is 0 Å². The Morgan fingerprint density at radius 2 is 1.68 bits per heavy atom. The second kappa shape index (κ2) is 7.48. The van der Waals surface area contributed by atoms with Crippen molar-refractivity contribution in [1.82, 2.24) is 4.90 Å². The standard InChI is InChI=1S/C21H21ClFNO3S/c22-19-7-4-8-20(23)18(19)13-21(25)24-14-9-10-15(24)12-17(11-14)28(26,27)16-5-2-1-3-6-16/h1-8,14-15,17H,9-13H2. The number of piperidine rings is 1. The monoisotopic (exact) mass is 421 g/mol. The van der Waals surface area contributed by atoms with Crippen LogP contribution in [0.15, 0.2) is 53.4 Å². The van der Waals surface area contributed by atoms with Crippen molar-refractivity contribution in [2.45, 2.75) is 54.3 Å². The Bertz CT molecular complexity index is 962. The molecule has 2 bridgehead atoms. The zero-order valence-corrected chi connectivity index (χ0v) is 16.8. The molecule has 2 aliphatic heterocycles. The minimum atomic E-state index is -3.43. The summed E-state index contributed by atoms with van der Waals surface area (Å²) >= 11 is 6.06. The molecule has 148 valence electrons. The molecule has 2 unspecified atom stereocenters. The Morgan fingerprint density at radius 3 is 2.29 bits per heavy atom. The molecule has 2 aliphatic rings. The van der Waals surface area contributed by atoms with E-state index in [1.165, 1.54) is 12.1 Å². The van der Waals surface area contributed by atoms with Gasteiger partial charge in [-0.2, -0.15) is 0 Å². The van der Waals surface area contributed by atoms with Gasteiger partial charge in [-0.3, -0.25) is 4.79 Å². The molecule has 2 fully saturated rings. The highest BCUT2D eigenvalue weighted by Crippen LogP contribution is 2.40. The lowest BCUT2D eigenvalue weighted by atomic mass is 10.0. The second-order valence-corrected chi connectivity index (χ2v) is 10.1. The van der Waals surface area contributed by atoms with Gasteiger partial charge < -0.3 is 4.90 Å². The van der Waals surface area contributed by atoms with Crippen molar-refractivity contribution in [1.29, 1.82) is 0 Å². The van der Waals surface area contributed by atoms with Crippen molar-refractivity contribution in [3.8, 4) is 0 Å². The molecule has 2 atom stereocenters. The zero-order valence-electron chi connectivity index (χ0n) is 15.2. The molecule has 2 heterocycles. The number of amides is 1. The topological polar surface area (TPSA) is 54.5 Å². The van der Waals surface area contributed by atoms with Crippen molar-refractivity contribution in [2.24, 2.45) is 0 Å². The Balaban J connectivity index is 1.52. The van der Waals surface area contributed by atoms with Crippen molar-refractivity contribution >= 4 is 27.3 Å². The molecule has 2 saturated heterocycles. The number of halogens is 2. The van der Waals surface area contributed by atoms with E-state index in [2.05, 4.69) is 0 Å². The average molecular weight is 422 g/mol. The van der Waals surface area contributed by atoms with E-state index < -0.39 is 20.9 Å². The van der Waals surface area contributed by atoms with Crippen LogP contribution in [0.25, 0.3) is 0 Å². The maximum absolute atomic E-state index is 14.1. The quantitative estimate of drug-likeness (QED) is 0.749. The molecule has 0 spiro atoms. The molecule has 4 rings (SSSR count). The molecule has 2 aromatic carbocycles. The van der Waals surface area contributed by atoms with E-state index in [0.29, 0.717) is 17.7 Å². The summed E-state index contributed by atoms with van der Waals surface area (Å²) in [4.78, 5) is 15.0. The molecule has 7 heteroatoms. The lowest BCUT2D eigenvalue weighted by Gasteiger charge is -2.39. The van der Waals surface area contributed by atoms with Crippen LogP contribution in [0.3, 0.4) is 0 Å². The highest BCUT2D eigenvalue weighted by Gasteiger charge is 2.47. The van der Waals surface area contributed by atoms with Crippen molar-refractivity contribution in [3.63, 3.8) is 0 Å². The zero-order chi connectivity index (χ0) is 19.9. The molecular weight excluding hydrogens is 401 g/mol. The summed E-state index contributed by atoms with van der Waals surface area (Å²) in [6, 6.07) is 12.6. The van der Waals surface area contributed by atoms with Gasteiger partial charge in [-0.15, -0.1) is 0 Å². The number of carbonyl (C=O) groups is 1. The summed E-state index contributed by atoms with van der Waals surface area (Å²) in [5.74, 6) is -0.676. The SMILES string of the molecule is O=C(Cc1c(F)cccc1Cl)N1C2CCC1CC(S(=O)(=O)c1ccccc1)C2. The van der Waals surface area contributed by atoms with Crippen LogP contribution >= 0.6 is 11.6 Å². The van der Waals surface area contributed by atoms with E-state index in [1.807, 2.05) is 0 Å². The Hall–Kier alpha value is -1.92. The van der Waals surface area contributed by atoms with Gasteiger partial charge in [-0.25, -0.2) is 12.8 Å². The normalized spacial score (nSPS) is 24.4. The summed E-state index contributed by atoms with van der Waals surface area (Å²) in [6.07, 6.45) is 2.30. The fourth-order valence-corrected chi connectivity index (χ4v) is 6.64. The summed E-state index contributed by atoms with van der Waals surface area (Å²) in [7, 11) is -3.43. The fourth-order valence-electron chi connectivity index (χ4n) is 4.53. The highest BCUT2D eigenvalue weighted by atomic mass is 35.5. The number of fused-ring (bicyclic) bond motifs is 2. The van der Waals surface area contributed by atoms with Crippen LogP contribution in [0.2, 0.25) is 5.02 Å². The summed E-state index contributed by atoms with van der Waals surface area (Å²) in [5.41, 5.74) is 0.201. The lowest BCUT2D eigenvalue weighted by Crippen LogP contribution is -2.50. The Labute approximate surface area is 169 Å². The van der Waals surface area contributed by atoms with E-state index in [4.69, 9.17) is 11.6 Å². The van der Waals surface area contributed by atoms with Crippen LogP contribution in [0.5, 0.6) is 0 Å². The van der Waals surface area contributed by atoms with Crippen LogP contribution in [0.4, 0.5) is 4.39 Å². The number of carbonyl (C=O) groups excluding carboxylic acids is 1. The van der Waals surface area contributed by atoms with Crippen LogP contribution in [0, 0.1) is 5.82 Å². The first-order valence-electron chi connectivity index (χ1n) is 9.41. The molecule has 0 saturated carbocycles. The first-order valence-corrected chi connectivity index (χ1v) is 11.3.